The number of nitrogens with zero attached hydrogens (tertiary/aromatic N) is 1. The zero-order chi connectivity index (χ0) is 24.7. The third-order valence-corrected chi connectivity index (χ3v) is 7.53. The molecule has 0 unspecified atom stereocenters. The van der Waals surface area contributed by atoms with Gasteiger partial charge in [-0.2, -0.15) is 4.98 Å². The Morgan fingerprint density at radius 3 is 2.47 bits per heavy atom. The maximum atomic E-state index is 13.7. The highest BCUT2D eigenvalue weighted by molar-refractivity contribution is 7.91. The Morgan fingerprint density at radius 2 is 1.61 bits per heavy atom. The summed E-state index contributed by atoms with van der Waals surface area (Å²) in [6.45, 7) is 1.15. The van der Waals surface area contributed by atoms with E-state index < -0.39 is 9.84 Å². The number of sulfone groups is 1. The predicted molar refractivity (Wildman–Crippen MR) is 130 cm³/mol. The van der Waals surface area contributed by atoms with Crippen LogP contribution in [0.3, 0.4) is 0 Å². The van der Waals surface area contributed by atoms with Crippen LogP contribution in [-0.4, -0.2) is 33.4 Å². The standard InChI is InChI=1S/C25H19ClN2O7S/c26-17-3-1-2-16(11-17)23-28-25(36(29,30)18-5-7-19-22(12-18)32-9-8-31-19)24(35-23)27-13-15-4-6-20-21(10-15)34-14-33-20/h1-7,10-12,27H,8-9,13-14H2. The number of anilines is 1. The monoisotopic (exact) mass is 526 g/mol. The maximum absolute atomic E-state index is 13.7. The van der Waals surface area contributed by atoms with Crippen molar-refractivity contribution in [1.29, 1.82) is 0 Å². The molecular formula is C25H19ClN2O7S. The number of fused-ring (bicyclic) bond motifs is 2. The lowest BCUT2D eigenvalue weighted by Crippen LogP contribution is -2.16. The van der Waals surface area contributed by atoms with Gasteiger partial charge in [0, 0.05) is 23.2 Å². The SMILES string of the molecule is O=S(=O)(c1ccc2c(c1)OCCO2)c1nc(-c2cccc(Cl)c2)oc1NCc1ccc2c(c1)OCO2. The summed E-state index contributed by atoms with van der Waals surface area (Å²) in [5, 5.41) is 3.28. The molecule has 0 saturated carbocycles. The van der Waals surface area contributed by atoms with Gasteiger partial charge >= 0.3 is 0 Å². The van der Waals surface area contributed by atoms with Crippen LogP contribution in [0.2, 0.25) is 5.02 Å². The fourth-order valence-electron chi connectivity index (χ4n) is 3.88. The molecule has 36 heavy (non-hydrogen) atoms. The summed E-state index contributed by atoms with van der Waals surface area (Å²) in [5.74, 6) is 2.23. The van der Waals surface area contributed by atoms with Crippen molar-refractivity contribution in [2.45, 2.75) is 16.5 Å². The van der Waals surface area contributed by atoms with E-state index in [1.54, 1.807) is 36.4 Å². The van der Waals surface area contributed by atoms with Gasteiger partial charge in [0.25, 0.3) is 0 Å². The van der Waals surface area contributed by atoms with E-state index in [2.05, 4.69) is 10.3 Å². The highest BCUT2D eigenvalue weighted by Gasteiger charge is 2.30. The molecule has 11 heteroatoms. The molecule has 0 saturated heterocycles. The first-order chi connectivity index (χ1) is 17.5. The van der Waals surface area contributed by atoms with Gasteiger partial charge in [-0.05, 0) is 48.0 Å². The van der Waals surface area contributed by atoms with Gasteiger partial charge in [-0.25, -0.2) is 8.42 Å². The van der Waals surface area contributed by atoms with Crippen LogP contribution in [0.4, 0.5) is 5.88 Å². The van der Waals surface area contributed by atoms with Crippen molar-refractivity contribution >= 4 is 27.3 Å². The maximum Gasteiger partial charge on any atom is 0.234 e. The lowest BCUT2D eigenvalue weighted by atomic mass is 10.2. The summed E-state index contributed by atoms with van der Waals surface area (Å²) < 4.78 is 55.2. The molecule has 0 fully saturated rings. The average Bonchev–Trinajstić information content (AvgIpc) is 3.54. The predicted octanol–water partition coefficient (Wildman–Crippen LogP) is 4.94. The number of ether oxygens (including phenoxy) is 4. The Bertz CT molecular complexity index is 1570. The normalized spacial score (nSPS) is 14.0. The molecule has 6 rings (SSSR count). The molecule has 3 aromatic carbocycles. The summed E-state index contributed by atoms with van der Waals surface area (Å²) >= 11 is 6.13. The third kappa shape index (κ3) is 4.18. The molecule has 2 aliphatic heterocycles. The highest BCUT2D eigenvalue weighted by atomic mass is 35.5. The van der Waals surface area contributed by atoms with Crippen LogP contribution in [0.15, 0.2) is 75.0 Å². The van der Waals surface area contributed by atoms with Crippen molar-refractivity contribution in [3.05, 3.63) is 71.2 Å². The number of hydrogen-bond acceptors (Lipinski definition) is 9. The van der Waals surface area contributed by atoms with Crippen molar-refractivity contribution < 1.29 is 31.8 Å². The largest absolute Gasteiger partial charge is 0.486 e. The fraction of sp³-hybridized carbons (Fsp3) is 0.160. The molecule has 0 radical (unpaired) electrons. The van der Waals surface area contributed by atoms with Gasteiger partial charge in [-0.1, -0.05) is 23.7 Å². The number of halogens is 1. The molecule has 2 aliphatic rings. The molecule has 184 valence electrons. The van der Waals surface area contributed by atoms with E-state index in [1.807, 2.05) is 12.1 Å². The Balaban J connectivity index is 1.38. The number of oxazole rings is 1. The van der Waals surface area contributed by atoms with Gasteiger partial charge in [0.05, 0.1) is 4.90 Å². The summed E-state index contributed by atoms with van der Waals surface area (Å²) in [6, 6.07) is 16.7. The van der Waals surface area contributed by atoms with Crippen LogP contribution in [0.5, 0.6) is 23.0 Å². The third-order valence-electron chi connectivity index (χ3n) is 5.64. The lowest BCUT2D eigenvalue weighted by Gasteiger charge is -2.18. The number of hydrogen-bond donors (Lipinski definition) is 1. The fourth-order valence-corrected chi connectivity index (χ4v) is 5.36. The first-order valence-corrected chi connectivity index (χ1v) is 12.9. The molecule has 0 spiro atoms. The summed E-state index contributed by atoms with van der Waals surface area (Å²) in [7, 11) is -4.09. The van der Waals surface area contributed by atoms with Gasteiger partial charge in [0.15, 0.2) is 23.0 Å². The summed E-state index contributed by atoms with van der Waals surface area (Å²) in [4.78, 5) is 4.36. The zero-order valence-corrected chi connectivity index (χ0v) is 20.3. The molecule has 1 aromatic heterocycles. The van der Waals surface area contributed by atoms with E-state index in [-0.39, 0.29) is 35.0 Å². The van der Waals surface area contributed by atoms with E-state index in [1.165, 1.54) is 12.1 Å². The quantitative estimate of drug-likeness (QED) is 0.373. The Kier molecular flexibility index (Phi) is 5.62. The van der Waals surface area contributed by atoms with Crippen LogP contribution in [0, 0.1) is 0 Å². The van der Waals surface area contributed by atoms with Gasteiger partial charge < -0.3 is 28.7 Å². The molecule has 0 atom stereocenters. The Morgan fingerprint density at radius 1 is 0.861 bits per heavy atom. The molecule has 0 amide bonds. The van der Waals surface area contributed by atoms with Crippen molar-refractivity contribution in [3.63, 3.8) is 0 Å². The van der Waals surface area contributed by atoms with Gasteiger partial charge in [-0.3, -0.25) is 0 Å². The van der Waals surface area contributed by atoms with Crippen LogP contribution < -0.4 is 24.3 Å². The molecule has 1 N–H and O–H groups in total. The number of rotatable bonds is 6. The van der Waals surface area contributed by atoms with Gasteiger partial charge in [-0.15, -0.1) is 0 Å². The topological polar surface area (TPSA) is 109 Å². The molecule has 4 aromatic rings. The molecular weight excluding hydrogens is 508 g/mol. The van der Waals surface area contributed by atoms with Crippen molar-refractivity contribution in [1.82, 2.24) is 4.98 Å². The number of benzene rings is 3. The van der Waals surface area contributed by atoms with Crippen LogP contribution in [0.25, 0.3) is 11.5 Å². The van der Waals surface area contributed by atoms with E-state index in [0.29, 0.717) is 46.8 Å². The zero-order valence-electron chi connectivity index (χ0n) is 18.7. The Hall–Kier alpha value is -3.89. The minimum Gasteiger partial charge on any atom is -0.486 e. The molecule has 3 heterocycles. The van der Waals surface area contributed by atoms with E-state index in [4.69, 9.17) is 35.0 Å². The number of aromatic nitrogens is 1. The minimum absolute atomic E-state index is 0.00229. The smallest absolute Gasteiger partial charge is 0.234 e. The second kappa shape index (κ2) is 8.96. The van der Waals surface area contributed by atoms with E-state index >= 15 is 0 Å². The summed E-state index contributed by atoms with van der Waals surface area (Å²) in [5.41, 5.74) is 1.37. The Labute approximate surface area is 211 Å². The molecule has 0 aliphatic carbocycles. The average molecular weight is 527 g/mol. The number of nitrogens with one attached hydrogen (secondary N) is 1. The van der Waals surface area contributed by atoms with Crippen LogP contribution >= 0.6 is 11.6 Å². The van der Waals surface area contributed by atoms with Crippen LogP contribution in [-0.2, 0) is 16.4 Å². The van der Waals surface area contributed by atoms with Crippen molar-refractivity contribution in [2.75, 3.05) is 25.3 Å². The van der Waals surface area contributed by atoms with Crippen molar-refractivity contribution in [3.8, 4) is 34.5 Å². The van der Waals surface area contributed by atoms with E-state index in [0.717, 1.165) is 5.56 Å². The van der Waals surface area contributed by atoms with Gasteiger partial charge in [0.2, 0.25) is 33.4 Å². The van der Waals surface area contributed by atoms with Crippen LogP contribution in [0.1, 0.15) is 5.56 Å². The molecule has 0 bridgehead atoms. The first kappa shape index (κ1) is 22.6. The molecule has 9 nitrogen and oxygen atoms in total. The minimum atomic E-state index is -4.09. The van der Waals surface area contributed by atoms with Crippen molar-refractivity contribution in [2.24, 2.45) is 0 Å². The summed E-state index contributed by atoms with van der Waals surface area (Å²) in [6.07, 6.45) is 0. The second-order valence-corrected chi connectivity index (χ2v) is 10.3. The highest BCUT2D eigenvalue weighted by Crippen LogP contribution is 2.38. The second-order valence-electron chi connectivity index (χ2n) is 8.01. The van der Waals surface area contributed by atoms with E-state index in [9.17, 15) is 8.42 Å². The first-order valence-electron chi connectivity index (χ1n) is 11.0. The van der Waals surface area contributed by atoms with Gasteiger partial charge in [0.1, 0.15) is 13.2 Å². The lowest BCUT2D eigenvalue weighted by molar-refractivity contribution is 0.171.